The number of hydrogen-bond acceptors (Lipinski definition) is 14. The Morgan fingerprint density at radius 2 is 0.934 bits per heavy atom. The summed E-state index contributed by atoms with van der Waals surface area (Å²) in [6, 6.07) is 13.8. The Balaban J connectivity index is 1.52. The summed E-state index contributed by atoms with van der Waals surface area (Å²) < 4.78 is 0.913. The van der Waals surface area contributed by atoms with Crippen LogP contribution in [0, 0.1) is 3.57 Å². The smallest absolute Gasteiger partial charge is 0.326 e. The molecule has 0 aromatic heterocycles. The Morgan fingerprint density at radius 3 is 1.43 bits per heavy atom. The summed E-state index contributed by atoms with van der Waals surface area (Å²) in [6.45, 7) is -0.0332. The standard InChI is InChI=1S/C50H66IN9O16/c51-36-12-9-32(10-13-36)26-40(53-41(61)28-57-17-19-58(29-43(64)65)21-23-60(31-45(68)69)24-22-59(20-18-57)30-44(66)67)47(71)54-39(27-33-8-11-34-5-1-2-6-35(34)25-33)46(70)52-16-4-3-7-37(48(72)73)55-50(76)56-38(49(74)75)14-15-42(62)63/h1-2,5-6,8-13,25,37-40H,3-4,7,14-24,26-31H2,(H,52,70)(H,53,61)(H,54,71)(H,62,63)(H,64,65)(H,66,67)(H,68,69)(H,72,73)(H,74,75)(H2,55,56,76)/t37-,38-,39-,40-/m0/s1. The quantitative estimate of drug-likeness (QED) is 0.0337. The Morgan fingerprint density at radius 1 is 0.474 bits per heavy atom. The number of benzene rings is 3. The van der Waals surface area contributed by atoms with E-state index >= 15 is 0 Å². The Kier molecular flexibility index (Phi) is 25.7. The number of fused-ring (bicyclic) bond motifs is 1. The number of carbonyl (C=O) groups excluding carboxylic acids is 4. The maximum Gasteiger partial charge on any atom is 0.326 e. The first-order chi connectivity index (χ1) is 36.1. The molecule has 0 aliphatic carbocycles. The van der Waals surface area contributed by atoms with Crippen LogP contribution in [0.25, 0.3) is 10.8 Å². The van der Waals surface area contributed by atoms with Crippen molar-refractivity contribution in [1.82, 2.24) is 46.2 Å². The van der Waals surface area contributed by atoms with Gasteiger partial charge in [-0.25, -0.2) is 14.4 Å². The number of halogens is 1. The van der Waals surface area contributed by atoms with Gasteiger partial charge in [0.05, 0.1) is 26.2 Å². The molecule has 3 aromatic carbocycles. The first-order valence-electron chi connectivity index (χ1n) is 24.5. The number of aliphatic carboxylic acids is 6. The first-order valence-corrected chi connectivity index (χ1v) is 25.6. The molecular formula is C50H66IN9O16. The summed E-state index contributed by atoms with van der Waals surface area (Å²) in [4.78, 5) is 132. The van der Waals surface area contributed by atoms with E-state index in [0.717, 1.165) is 14.3 Å². The van der Waals surface area contributed by atoms with Gasteiger partial charge in [-0.2, -0.15) is 0 Å². The molecule has 26 heteroatoms. The summed E-state index contributed by atoms with van der Waals surface area (Å²) in [5, 5.41) is 71.4. The maximum atomic E-state index is 14.5. The Labute approximate surface area is 451 Å². The van der Waals surface area contributed by atoms with Gasteiger partial charge in [0, 0.05) is 81.7 Å². The Bertz CT molecular complexity index is 2470. The molecule has 0 unspecified atom stereocenters. The molecule has 0 radical (unpaired) electrons. The zero-order valence-electron chi connectivity index (χ0n) is 41.7. The molecule has 1 aliphatic rings. The molecule has 4 rings (SSSR count). The number of carboxylic acid groups (broad SMARTS) is 6. The van der Waals surface area contributed by atoms with Crippen molar-refractivity contribution < 1.29 is 78.6 Å². The van der Waals surface area contributed by atoms with Gasteiger partial charge in [0.25, 0.3) is 0 Å². The van der Waals surface area contributed by atoms with Crippen LogP contribution in [0.4, 0.5) is 4.79 Å². The number of carboxylic acids is 6. The van der Waals surface area contributed by atoms with E-state index in [1.807, 2.05) is 54.6 Å². The second-order valence-electron chi connectivity index (χ2n) is 18.3. The van der Waals surface area contributed by atoms with Crippen molar-refractivity contribution in [1.29, 1.82) is 0 Å². The first kappa shape index (κ1) is 61.5. The molecule has 1 fully saturated rings. The summed E-state index contributed by atoms with van der Waals surface area (Å²) >= 11 is 2.13. The number of urea groups is 1. The van der Waals surface area contributed by atoms with Crippen molar-refractivity contribution in [2.24, 2.45) is 0 Å². The van der Waals surface area contributed by atoms with Crippen molar-refractivity contribution in [3.8, 4) is 0 Å². The molecular weight excluding hydrogens is 1110 g/mol. The number of nitrogens with zero attached hydrogens (tertiary/aromatic N) is 4. The van der Waals surface area contributed by atoms with Crippen LogP contribution >= 0.6 is 22.6 Å². The van der Waals surface area contributed by atoms with Gasteiger partial charge in [-0.15, -0.1) is 0 Å². The SMILES string of the molecule is O=C(O)CC[C@H](NC(=O)N[C@@H](CCCCNC(=O)[C@H](Cc1ccc2ccccc2c1)NC(=O)[C@H](Cc1ccc(I)cc1)NC(=O)CN1CCN(CC(=O)O)CCN(CC(=O)O)CCN(CC(=O)O)CC1)C(=O)O)C(=O)O. The number of carbonyl (C=O) groups is 10. The van der Waals surface area contributed by atoms with E-state index in [1.54, 1.807) is 31.7 Å². The van der Waals surface area contributed by atoms with Crippen molar-refractivity contribution in [3.05, 3.63) is 81.4 Å². The monoisotopic (exact) mass is 1180 g/mol. The lowest BCUT2D eigenvalue weighted by molar-refractivity contribution is -0.141. The molecule has 1 saturated heterocycles. The third-order valence-corrected chi connectivity index (χ3v) is 13.1. The minimum atomic E-state index is -1.58. The third-order valence-electron chi connectivity index (χ3n) is 12.3. The molecule has 414 valence electrons. The average Bonchev–Trinajstić information content (AvgIpc) is 3.34. The van der Waals surface area contributed by atoms with E-state index in [9.17, 15) is 73.5 Å². The molecule has 11 N–H and O–H groups in total. The minimum Gasteiger partial charge on any atom is -0.481 e. The predicted octanol–water partition coefficient (Wildman–Crippen LogP) is 0.0315. The lowest BCUT2D eigenvalue weighted by Crippen LogP contribution is -2.56. The van der Waals surface area contributed by atoms with Gasteiger partial charge >= 0.3 is 41.8 Å². The fraction of sp³-hybridized carbons (Fsp3) is 0.480. The van der Waals surface area contributed by atoms with Crippen molar-refractivity contribution in [2.75, 3.05) is 85.1 Å². The number of nitrogens with one attached hydrogen (secondary N) is 5. The second kappa shape index (κ2) is 31.8. The van der Waals surface area contributed by atoms with Gasteiger partial charge in [-0.3, -0.25) is 53.2 Å². The third kappa shape index (κ3) is 23.3. The molecule has 0 saturated carbocycles. The van der Waals surface area contributed by atoms with Gasteiger partial charge in [-0.1, -0.05) is 54.6 Å². The van der Waals surface area contributed by atoms with Gasteiger partial charge in [-0.05, 0) is 82.3 Å². The second-order valence-corrected chi connectivity index (χ2v) is 19.5. The normalized spacial score (nSPS) is 15.8. The van der Waals surface area contributed by atoms with Crippen LogP contribution in [0.5, 0.6) is 0 Å². The predicted molar refractivity (Wildman–Crippen MR) is 281 cm³/mol. The number of hydrogen-bond donors (Lipinski definition) is 11. The molecule has 3 aromatic rings. The van der Waals surface area contributed by atoms with E-state index in [-0.39, 0.29) is 117 Å². The van der Waals surface area contributed by atoms with Gasteiger partial charge < -0.3 is 57.2 Å². The molecule has 0 spiro atoms. The van der Waals surface area contributed by atoms with Crippen LogP contribution in [0.2, 0.25) is 0 Å². The largest absolute Gasteiger partial charge is 0.481 e. The van der Waals surface area contributed by atoms with Crippen LogP contribution in [0.3, 0.4) is 0 Å². The van der Waals surface area contributed by atoms with E-state index in [2.05, 4.69) is 49.2 Å². The van der Waals surface area contributed by atoms with Crippen LogP contribution in [0.15, 0.2) is 66.7 Å². The fourth-order valence-corrected chi connectivity index (χ4v) is 8.69. The molecule has 76 heavy (non-hydrogen) atoms. The highest BCUT2D eigenvalue weighted by atomic mass is 127. The van der Waals surface area contributed by atoms with Crippen LogP contribution < -0.4 is 26.6 Å². The summed E-state index contributed by atoms with van der Waals surface area (Å²) in [5.74, 6) is -9.42. The van der Waals surface area contributed by atoms with Crippen molar-refractivity contribution >= 4 is 92.9 Å². The van der Waals surface area contributed by atoms with Crippen LogP contribution in [0.1, 0.15) is 43.2 Å². The zero-order valence-corrected chi connectivity index (χ0v) is 43.9. The highest BCUT2D eigenvalue weighted by Gasteiger charge is 2.30. The lowest BCUT2D eigenvalue weighted by atomic mass is 10.00. The zero-order chi connectivity index (χ0) is 55.7. The molecule has 1 aliphatic heterocycles. The number of rotatable bonds is 28. The van der Waals surface area contributed by atoms with Crippen molar-refractivity contribution in [3.63, 3.8) is 0 Å². The molecule has 1 heterocycles. The summed E-state index contributed by atoms with van der Waals surface area (Å²) in [7, 11) is 0. The highest BCUT2D eigenvalue weighted by Crippen LogP contribution is 2.18. The van der Waals surface area contributed by atoms with Crippen LogP contribution in [-0.4, -0.2) is 219 Å². The summed E-state index contributed by atoms with van der Waals surface area (Å²) in [5.41, 5.74) is 1.37. The van der Waals surface area contributed by atoms with Gasteiger partial charge in [0.1, 0.15) is 24.2 Å². The maximum absolute atomic E-state index is 14.5. The number of amides is 5. The molecule has 5 amide bonds. The Hall–Kier alpha value is -7.01. The number of unbranched alkanes of at least 4 members (excludes halogenated alkanes) is 1. The van der Waals surface area contributed by atoms with E-state index < -0.39 is 96.6 Å². The minimum absolute atomic E-state index is 0.000525. The van der Waals surface area contributed by atoms with E-state index in [0.29, 0.717) is 11.1 Å². The highest BCUT2D eigenvalue weighted by molar-refractivity contribution is 14.1. The van der Waals surface area contributed by atoms with Crippen molar-refractivity contribution in [2.45, 2.75) is 69.1 Å². The van der Waals surface area contributed by atoms with E-state index in [1.165, 1.54) is 0 Å². The average molecular weight is 1180 g/mol. The summed E-state index contributed by atoms with van der Waals surface area (Å²) in [6.07, 6.45) is -0.745. The van der Waals surface area contributed by atoms with E-state index in [4.69, 9.17) is 5.11 Å². The molecule has 4 atom stereocenters. The van der Waals surface area contributed by atoms with Gasteiger partial charge in [0.15, 0.2) is 0 Å². The molecule has 0 bridgehead atoms. The lowest BCUT2D eigenvalue weighted by Gasteiger charge is -2.33. The fourth-order valence-electron chi connectivity index (χ4n) is 8.33. The van der Waals surface area contributed by atoms with Gasteiger partial charge in [0.2, 0.25) is 17.7 Å². The van der Waals surface area contributed by atoms with Crippen LogP contribution in [-0.2, 0) is 56.0 Å². The molecule has 25 nitrogen and oxygen atoms in total. The topological polar surface area (TPSA) is 365 Å².